The Morgan fingerprint density at radius 3 is 1.56 bits per heavy atom. The molecule has 364 valence electrons. The number of alkyl carbamates (subject to hydrolysis) is 1. The number of esters is 1. The van der Waals surface area contributed by atoms with Crippen LogP contribution in [0.3, 0.4) is 0 Å². The lowest BCUT2D eigenvalue weighted by Crippen LogP contribution is -2.45. The minimum absolute atomic E-state index is 0.0445. The maximum absolute atomic E-state index is 13.2. The van der Waals surface area contributed by atoms with Crippen molar-refractivity contribution < 1.29 is 55.1 Å². The molecule has 0 spiro atoms. The van der Waals surface area contributed by atoms with Gasteiger partial charge in [0.05, 0.1) is 26.3 Å². The topological polar surface area (TPSA) is 238 Å². The van der Waals surface area contributed by atoms with Gasteiger partial charge in [0.25, 0.3) is 23.6 Å². The van der Waals surface area contributed by atoms with E-state index in [4.69, 9.17) is 9.47 Å². The summed E-state index contributed by atoms with van der Waals surface area (Å²) in [7, 11) is 0.888. The van der Waals surface area contributed by atoms with E-state index in [1.807, 2.05) is 62.3 Å². The highest BCUT2D eigenvalue weighted by atomic mass is 79.9. The van der Waals surface area contributed by atoms with Gasteiger partial charge in [-0.1, -0.05) is 48.5 Å². The third-order valence-electron chi connectivity index (χ3n) is 10.0. The van der Waals surface area contributed by atoms with E-state index in [-0.39, 0.29) is 51.1 Å². The van der Waals surface area contributed by atoms with Crippen LogP contribution in [-0.2, 0) is 53.5 Å². The number of carbonyl (C=O) groups is 6. The van der Waals surface area contributed by atoms with Crippen molar-refractivity contribution in [2.24, 2.45) is 0 Å². The van der Waals surface area contributed by atoms with E-state index >= 15 is 0 Å². The Kier molecular flexibility index (Phi) is 17.2. The smallest absolute Gasteiger partial charge is 0.408 e. The molecule has 0 fully saturated rings. The number of amides is 5. The number of nitrogens with zero attached hydrogens (tertiary/aromatic N) is 4. The third kappa shape index (κ3) is 12.8. The summed E-state index contributed by atoms with van der Waals surface area (Å²) in [5, 5.41) is 5.14. The average molecular weight is 1060 g/mol. The van der Waals surface area contributed by atoms with Crippen LogP contribution < -0.4 is 24.6 Å². The molecule has 6 rings (SSSR count). The van der Waals surface area contributed by atoms with Crippen molar-refractivity contribution in [3.8, 4) is 0 Å². The quantitative estimate of drug-likeness (QED) is 0.0999. The molecule has 1 atom stereocenters. The summed E-state index contributed by atoms with van der Waals surface area (Å²) >= 11 is 3.89. The molecular weight excluding hydrogens is 1010 g/mol. The number of hydrogen-bond acceptors (Lipinski definition) is 15. The summed E-state index contributed by atoms with van der Waals surface area (Å²) < 4.78 is 66.9. The Balaban J connectivity index is 0.000000276. The average Bonchev–Trinajstić information content (AvgIpc) is 3.68. The predicted octanol–water partition coefficient (Wildman–Crippen LogP) is 4.07. The number of imide groups is 2. The van der Waals surface area contributed by atoms with Gasteiger partial charge in [-0.05, 0) is 61.0 Å². The molecule has 0 aromatic heterocycles. The zero-order valence-electron chi connectivity index (χ0n) is 38.5. The summed E-state index contributed by atoms with van der Waals surface area (Å²) in [6, 6.07) is 19.8. The number of fused-ring (bicyclic) bond motifs is 2. The Hall–Kier alpha value is -5.85. The van der Waals surface area contributed by atoms with Gasteiger partial charge in [-0.2, -0.15) is 0 Å². The van der Waals surface area contributed by atoms with Gasteiger partial charge in [-0.25, -0.2) is 35.9 Å². The van der Waals surface area contributed by atoms with Gasteiger partial charge in [0, 0.05) is 105 Å². The molecule has 0 aliphatic carbocycles. The number of rotatable bonds is 17. The summed E-state index contributed by atoms with van der Waals surface area (Å²) in [5.41, 5.74) is 0.979. The van der Waals surface area contributed by atoms with Crippen molar-refractivity contribution in [2.45, 2.75) is 42.2 Å². The third-order valence-corrected chi connectivity index (χ3v) is 14.8. The van der Waals surface area contributed by atoms with E-state index in [0.717, 1.165) is 56.9 Å². The molecule has 23 heteroatoms. The summed E-state index contributed by atoms with van der Waals surface area (Å²) in [5.74, 6) is -3.05. The summed E-state index contributed by atoms with van der Waals surface area (Å²) in [6.45, 7) is 4.47. The highest BCUT2D eigenvalue weighted by molar-refractivity contribution is 9.12. The summed E-state index contributed by atoms with van der Waals surface area (Å²) in [6.07, 6.45) is 1.44. The molecule has 19 nitrogen and oxygen atoms in total. The Morgan fingerprint density at radius 2 is 1.13 bits per heavy atom. The molecule has 4 aromatic rings. The van der Waals surface area contributed by atoms with Crippen LogP contribution >= 0.6 is 27.7 Å². The van der Waals surface area contributed by atoms with Gasteiger partial charge >= 0.3 is 12.1 Å². The fraction of sp³-hybridized carbons (Fsp3) is 0.333. The fourth-order valence-electron chi connectivity index (χ4n) is 6.94. The Labute approximate surface area is 407 Å². The number of carbonyl (C=O) groups excluding carboxylic acids is 6. The number of ether oxygens (including phenoxy) is 2. The van der Waals surface area contributed by atoms with Gasteiger partial charge in [0.1, 0.15) is 11.6 Å². The minimum atomic E-state index is -3.97. The molecule has 4 aromatic carbocycles. The largest absolute Gasteiger partial charge is 0.467 e. The van der Waals surface area contributed by atoms with Gasteiger partial charge < -0.3 is 24.6 Å². The van der Waals surface area contributed by atoms with Gasteiger partial charge in [0.15, 0.2) is 0 Å². The molecule has 2 heterocycles. The molecule has 0 radical (unpaired) electrons. The summed E-state index contributed by atoms with van der Waals surface area (Å²) in [4.78, 5) is 79.2. The van der Waals surface area contributed by atoms with E-state index in [9.17, 15) is 45.6 Å². The number of halogens is 1. The number of sulfonamides is 2. The zero-order valence-corrected chi connectivity index (χ0v) is 42.5. The van der Waals surface area contributed by atoms with Gasteiger partial charge in [-0.15, -0.1) is 11.8 Å². The van der Waals surface area contributed by atoms with Crippen LogP contribution in [0.25, 0.3) is 21.5 Å². The highest BCUT2D eigenvalue weighted by Gasteiger charge is 2.34. The first-order chi connectivity index (χ1) is 31.9. The van der Waals surface area contributed by atoms with E-state index in [1.165, 1.54) is 18.2 Å². The molecule has 0 saturated carbocycles. The number of nitrogens with one attached hydrogen (secondary N) is 3. The molecule has 0 bridgehead atoms. The Bertz CT molecular complexity index is 2940. The van der Waals surface area contributed by atoms with Crippen LogP contribution in [-0.4, -0.2) is 141 Å². The molecule has 2 aliphatic rings. The normalized spacial score (nSPS) is 14.7. The number of thioether (sulfide) groups is 1. The zero-order chi connectivity index (χ0) is 50.3. The Morgan fingerprint density at radius 1 is 0.691 bits per heavy atom. The molecule has 2 aliphatic heterocycles. The maximum atomic E-state index is 13.2. The van der Waals surface area contributed by atoms with Crippen molar-refractivity contribution in [3.63, 3.8) is 0 Å². The molecule has 3 N–H and O–H groups in total. The fourth-order valence-corrected chi connectivity index (χ4v) is 10.8. The second kappa shape index (κ2) is 22.1. The molecule has 5 amide bonds. The van der Waals surface area contributed by atoms with Crippen LogP contribution in [0.5, 0.6) is 0 Å². The van der Waals surface area contributed by atoms with E-state index in [2.05, 4.69) is 30.7 Å². The predicted molar refractivity (Wildman–Crippen MR) is 263 cm³/mol. The number of hydrogen-bond donors (Lipinski definition) is 3. The monoisotopic (exact) mass is 1060 g/mol. The number of anilines is 2. The molecule has 0 saturated heterocycles. The molecular formula is C45H52BrN7O12S3. The first kappa shape index (κ1) is 53.1. The SMILES string of the molecule is CN(C)c1cccc2c(S(=O)(=O)NCCN3C(=O)C=C(Br)C3=O)cccc12.COC(=O)[C@H](CSC1=CC(=O)N(CCNS(=O)(=O)c2cccc3c(N(C)C)cccc23)C1=O)NC(=O)OC(C)(C)C. The number of methoxy groups -OCH3 is 1. The van der Waals surface area contributed by atoms with Crippen LogP contribution in [0.15, 0.2) is 104 Å². The van der Waals surface area contributed by atoms with Gasteiger partial charge in [-0.3, -0.25) is 29.0 Å². The second-order valence-corrected chi connectivity index (χ2v) is 21.9. The lowest BCUT2D eigenvalue weighted by atomic mass is 10.1. The van der Waals surface area contributed by atoms with Crippen molar-refractivity contribution >= 4 is 116 Å². The highest BCUT2D eigenvalue weighted by Crippen LogP contribution is 2.32. The lowest BCUT2D eigenvalue weighted by Gasteiger charge is -2.22. The van der Waals surface area contributed by atoms with Crippen molar-refractivity contribution in [2.75, 3.05) is 77.0 Å². The van der Waals surface area contributed by atoms with Crippen molar-refractivity contribution in [1.82, 2.24) is 24.6 Å². The van der Waals surface area contributed by atoms with Crippen LogP contribution in [0.2, 0.25) is 0 Å². The van der Waals surface area contributed by atoms with Gasteiger partial charge in [0.2, 0.25) is 20.0 Å². The van der Waals surface area contributed by atoms with Crippen molar-refractivity contribution in [3.05, 3.63) is 94.3 Å². The second-order valence-electron chi connectivity index (χ2n) is 16.5. The van der Waals surface area contributed by atoms with Crippen molar-refractivity contribution in [1.29, 1.82) is 0 Å². The van der Waals surface area contributed by atoms with Crippen LogP contribution in [0, 0.1) is 0 Å². The standard InChI is InChI=1S/C27H34N4O8S2.C18H18BrN3O4S/c1-27(2,3)39-26(35)29-19(25(34)38-6)16-40-21-15-23(32)31(24(21)33)14-13-28-41(36,37)22-12-8-9-17-18(22)10-7-11-20(17)30(4)5;1-21(2)15-7-3-6-13-12(15)5-4-8-16(13)27(25,26)20-9-10-22-17(23)11-14(19)18(22)24/h7-12,15,19,28H,13-14,16H2,1-6H3,(H,29,35);3-8,11,20H,9-10H2,1-2H3/t19-;/m0./s1. The van der Waals surface area contributed by atoms with E-state index < -0.39 is 67.4 Å². The minimum Gasteiger partial charge on any atom is -0.467 e. The van der Waals surface area contributed by atoms with Crippen LogP contribution in [0.4, 0.5) is 16.2 Å². The van der Waals surface area contributed by atoms with Crippen LogP contribution in [0.1, 0.15) is 20.8 Å². The van der Waals surface area contributed by atoms with E-state index in [0.29, 0.717) is 10.8 Å². The lowest BCUT2D eigenvalue weighted by molar-refractivity contribution is -0.142. The first-order valence-electron chi connectivity index (χ1n) is 20.7. The number of benzene rings is 4. The molecule has 68 heavy (non-hydrogen) atoms. The molecule has 0 unspecified atom stereocenters. The van der Waals surface area contributed by atoms with E-state index in [1.54, 1.807) is 57.2 Å². The maximum Gasteiger partial charge on any atom is 0.408 e. The first-order valence-corrected chi connectivity index (χ1v) is 25.5.